The van der Waals surface area contributed by atoms with Crippen molar-refractivity contribution in [2.75, 3.05) is 31.2 Å². The van der Waals surface area contributed by atoms with Gasteiger partial charge in [0.1, 0.15) is 0 Å². The van der Waals surface area contributed by atoms with Crippen molar-refractivity contribution in [3.63, 3.8) is 0 Å². The van der Waals surface area contributed by atoms with Gasteiger partial charge in [0.2, 0.25) is 11.8 Å². The number of benzene rings is 1. The van der Waals surface area contributed by atoms with Crippen LogP contribution in [0.4, 0.5) is 5.69 Å². The second-order valence-corrected chi connectivity index (χ2v) is 8.02. The molecule has 1 aliphatic rings. The van der Waals surface area contributed by atoms with Crippen LogP contribution in [0.2, 0.25) is 0 Å². The lowest BCUT2D eigenvalue weighted by Gasteiger charge is -2.34. The van der Waals surface area contributed by atoms with Gasteiger partial charge >= 0.3 is 0 Å². The van der Waals surface area contributed by atoms with Crippen LogP contribution in [0, 0.1) is 5.92 Å². The summed E-state index contributed by atoms with van der Waals surface area (Å²) in [5, 5.41) is 6.11. The van der Waals surface area contributed by atoms with E-state index in [-0.39, 0.29) is 23.8 Å². The molecule has 2 N–H and O–H groups in total. The number of likely N-dealkylation sites (tertiary alicyclic amines) is 1. The molecule has 0 saturated carbocycles. The van der Waals surface area contributed by atoms with E-state index in [0.29, 0.717) is 0 Å². The molecule has 2 amide bonds. The van der Waals surface area contributed by atoms with Crippen molar-refractivity contribution in [1.29, 1.82) is 0 Å². The monoisotopic (exact) mass is 391 g/mol. The smallest absolute Gasteiger partial charge is 0.241 e. The van der Waals surface area contributed by atoms with Gasteiger partial charge in [-0.05, 0) is 57.7 Å². The molecule has 6 heteroatoms. The summed E-state index contributed by atoms with van der Waals surface area (Å²) in [5.74, 6) is 0.270. The Bertz CT molecular complexity index is 615. The van der Waals surface area contributed by atoms with Crippen LogP contribution >= 0.6 is 11.8 Å². The summed E-state index contributed by atoms with van der Waals surface area (Å²) < 4.78 is 0. The van der Waals surface area contributed by atoms with Gasteiger partial charge in [-0.2, -0.15) is 0 Å². The molecule has 1 atom stereocenters. The Hall–Kier alpha value is -1.53. The molecule has 0 bridgehead atoms. The molecule has 0 spiro atoms. The van der Waals surface area contributed by atoms with E-state index in [1.807, 2.05) is 37.4 Å². The molecular formula is C21H33N3O2S. The molecule has 0 aliphatic carbocycles. The number of piperidine rings is 1. The molecule has 1 saturated heterocycles. The van der Waals surface area contributed by atoms with Gasteiger partial charge in [-0.25, -0.2) is 0 Å². The molecule has 1 aromatic carbocycles. The number of rotatable bonds is 9. The van der Waals surface area contributed by atoms with Gasteiger partial charge in [-0.3, -0.25) is 14.5 Å². The molecule has 150 valence electrons. The number of nitrogens with zero attached hydrogens (tertiary/aromatic N) is 1. The Balaban J connectivity index is 1.79. The summed E-state index contributed by atoms with van der Waals surface area (Å²) in [6.07, 6.45) is 7.01. The summed E-state index contributed by atoms with van der Waals surface area (Å²) in [5.41, 5.74) is 0.864. The zero-order chi connectivity index (χ0) is 19.6. The van der Waals surface area contributed by atoms with Crippen LogP contribution < -0.4 is 10.6 Å². The molecule has 2 rings (SSSR count). The normalized spacial score (nSPS) is 16.7. The lowest BCUT2D eigenvalue weighted by atomic mass is 9.95. The Morgan fingerprint density at radius 3 is 2.59 bits per heavy atom. The maximum atomic E-state index is 12.7. The van der Waals surface area contributed by atoms with Gasteiger partial charge in [0.25, 0.3) is 0 Å². The number of thioether (sulfide) groups is 1. The second-order valence-electron chi connectivity index (χ2n) is 7.17. The summed E-state index contributed by atoms with van der Waals surface area (Å²) in [4.78, 5) is 28.2. The number of carbonyl (C=O) groups excluding carboxylic acids is 2. The first-order valence-corrected chi connectivity index (χ1v) is 11.2. The minimum Gasteiger partial charge on any atom is -0.356 e. The van der Waals surface area contributed by atoms with Crippen molar-refractivity contribution in [2.24, 2.45) is 5.92 Å². The molecule has 0 aromatic heterocycles. The topological polar surface area (TPSA) is 61.4 Å². The van der Waals surface area contributed by atoms with E-state index in [1.165, 1.54) is 0 Å². The SMILES string of the molecule is CCCCCNC(=O)C1CCN(C(C)C(=O)Nc2ccccc2SC)CC1. The third kappa shape index (κ3) is 6.54. The van der Waals surface area contributed by atoms with Gasteiger partial charge in [-0.15, -0.1) is 11.8 Å². The Labute approximate surface area is 167 Å². The van der Waals surface area contributed by atoms with Crippen LogP contribution in [0.3, 0.4) is 0 Å². The molecule has 5 nitrogen and oxygen atoms in total. The van der Waals surface area contributed by atoms with Crippen LogP contribution in [0.25, 0.3) is 0 Å². The van der Waals surface area contributed by atoms with Crippen LogP contribution in [0.15, 0.2) is 29.2 Å². The van der Waals surface area contributed by atoms with Gasteiger partial charge < -0.3 is 10.6 Å². The van der Waals surface area contributed by atoms with Gasteiger partial charge in [0.05, 0.1) is 11.7 Å². The van der Waals surface area contributed by atoms with Crippen molar-refractivity contribution < 1.29 is 9.59 Å². The summed E-state index contributed by atoms with van der Waals surface area (Å²) in [6.45, 7) is 6.45. The number of hydrogen-bond donors (Lipinski definition) is 2. The van der Waals surface area contributed by atoms with E-state index >= 15 is 0 Å². The summed E-state index contributed by atoms with van der Waals surface area (Å²) in [7, 11) is 0. The van der Waals surface area contributed by atoms with Crippen molar-refractivity contribution in [3.8, 4) is 0 Å². The average Bonchev–Trinajstić information content (AvgIpc) is 2.71. The fraction of sp³-hybridized carbons (Fsp3) is 0.619. The summed E-state index contributed by atoms with van der Waals surface area (Å²) in [6, 6.07) is 7.66. The fourth-order valence-corrected chi connectivity index (χ4v) is 3.98. The third-order valence-corrected chi connectivity index (χ3v) is 6.07. The number of anilines is 1. The first kappa shape index (κ1) is 21.8. The quantitative estimate of drug-likeness (QED) is 0.497. The number of nitrogens with one attached hydrogen (secondary N) is 2. The van der Waals surface area contributed by atoms with Crippen LogP contribution in [-0.2, 0) is 9.59 Å². The highest BCUT2D eigenvalue weighted by Gasteiger charge is 2.29. The minimum absolute atomic E-state index is 0.0129. The maximum absolute atomic E-state index is 12.7. The van der Waals surface area contributed by atoms with Crippen LogP contribution in [0.1, 0.15) is 46.0 Å². The van der Waals surface area contributed by atoms with Crippen molar-refractivity contribution >= 4 is 29.3 Å². The van der Waals surface area contributed by atoms with Crippen molar-refractivity contribution in [1.82, 2.24) is 10.2 Å². The highest BCUT2D eigenvalue weighted by Crippen LogP contribution is 2.25. The zero-order valence-corrected chi connectivity index (χ0v) is 17.6. The van der Waals surface area contributed by atoms with Crippen molar-refractivity contribution in [3.05, 3.63) is 24.3 Å². The lowest BCUT2D eigenvalue weighted by Crippen LogP contribution is -2.48. The number of amides is 2. The molecule has 1 heterocycles. The number of unbranched alkanes of at least 4 members (excludes halogenated alkanes) is 2. The van der Waals surface area contributed by atoms with E-state index in [0.717, 1.165) is 62.3 Å². The largest absolute Gasteiger partial charge is 0.356 e. The predicted molar refractivity (Wildman–Crippen MR) is 113 cm³/mol. The molecule has 1 aromatic rings. The molecule has 1 fully saturated rings. The van der Waals surface area contributed by atoms with E-state index in [4.69, 9.17) is 0 Å². The van der Waals surface area contributed by atoms with Gasteiger partial charge in [-0.1, -0.05) is 31.9 Å². The Morgan fingerprint density at radius 2 is 1.93 bits per heavy atom. The minimum atomic E-state index is -0.200. The fourth-order valence-electron chi connectivity index (χ4n) is 3.43. The Kier molecular flexibility index (Phi) is 9.15. The third-order valence-electron chi connectivity index (χ3n) is 5.27. The maximum Gasteiger partial charge on any atom is 0.241 e. The van der Waals surface area contributed by atoms with Crippen LogP contribution in [-0.4, -0.2) is 48.6 Å². The molecule has 1 aliphatic heterocycles. The van der Waals surface area contributed by atoms with Gasteiger partial charge in [0, 0.05) is 17.4 Å². The lowest BCUT2D eigenvalue weighted by molar-refractivity contribution is -0.127. The van der Waals surface area contributed by atoms with Gasteiger partial charge in [0.15, 0.2) is 0 Å². The van der Waals surface area contributed by atoms with Crippen molar-refractivity contribution in [2.45, 2.75) is 56.9 Å². The zero-order valence-electron chi connectivity index (χ0n) is 16.8. The number of carbonyl (C=O) groups is 2. The van der Waals surface area contributed by atoms with E-state index in [9.17, 15) is 9.59 Å². The standard InChI is InChI=1S/C21H33N3O2S/c1-4-5-8-13-22-21(26)17-11-14-24(15-12-17)16(2)20(25)23-18-9-6-7-10-19(18)27-3/h6-7,9-10,16-17H,4-5,8,11-15H2,1-3H3,(H,22,26)(H,23,25). The molecule has 27 heavy (non-hydrogen) atoms. The van der Waals surface area contributed by atoms with E-state index < -0.39 is 0 Å². The van der Waals surface area contributed by atoms with Crippen LogP contribution in [0.5, 0.6) is 0 Å². The number of hydrogen-bond acceptors (Lipinski definition) is 4. The predicted octanol–water partition coefficient (Wildman–Crippen LogP) is 3.75. The average molecular weight is 392 g/mol. The summed E-state index contributed by atoms with van der Waals surface area (Å²) >= 11 is 1.62. The number of para-hydroxylation sites is 1. The molecule has 1 unspecified atom stereocenters. The van der Waals surface area contributed by atoms with E-state index in [2.05, 4.69) is 22.5 Å². The second kappa shape index (κ2) is 11.3. The first-order chi connectivity index (χ1) is 13.1. The highest BCUT2D eigenvalue weighted by atomic mass is 32.2. The van der Waals surface area contributed by atoms with E-state index in [1.54, 1.807) is 11.8 Å². The Morgan fingerprint density at radius 1 is 1.22 bits per heavy atom. The molecule has 0 radical (unpaired) electrons. The first-order valence-electron chi connectivity index (χ1n) is 10.0. The molecular weight excluding hydrogens is 358 g/mol. The highest BCUT2D eigenvalue weighted by molar-refractivity contribution is 7.98.